The van der Waals surface area contributed by atoms with E-state index >= 15 is 0 Å². The van der Waals surface area contributed by atoms with Crippen molar-refractivity contribution in [2.45, 2.75) is 64.1 Å². The van der Waals surface area contributed by atoms with E-state index in [1.807, 2.05) is 52.0 Å². The number of carbonyl (C=O) groups is 2. The van der Waals surface area contributed by atoms with Gasteiger partial charge in [-0.05, 0) is 56.5 Å². The summed E-state index contributed by atoms with van der Waals surface area (Å²) in [7, 11) is 0. The number of amides is 2. The van der Waals surface area contributed by atoms with E-state index in [-0.39, 0.29) is 36.0 Å². The molecule has 0 saturated carbocycles. The first-order valence-corrected chi connectivity index (χ1v) is 11.4. The normalized spacial score (nSPS) is 12.8. The van der Waals surface area contributed by atoms with Crippen molar-refractivity contribution in [1.29, 1.82) is 0 Å². The van der Waals surface area contributed by atoms with Gasteiger partial charge in [-0.2, -0.15) is 0 Å². The zero-order chi connectivity index (χ0) is 22.1. The van der Waals surface area contributed by atoms with Crippen LogP contribution in [-0.2, 0) is 16.1 Å². The average Bonchev–Trinajstić information content (AvgIpc) is 2.74. The van der Waals surface area contributed by atoms with Crippen molar-refractivity contribution in [1.82, 2.24) is 10.2 Å². The van der Waals surface area contributed by atoms with Gasteiger partial charge in [0.15, 0.2) is 0 Å². The number of hydrogen-bond acceptors (Lipinski definition) is 3. The Morgan fingerprint density at radius 1 is 1.03 bits per heavy atom. The second-order valence-electron chi connectivity index (χ2n) is 7.49. The number of nitrogens with one attached hydrogen (secondary N) is 1. The molecule has 2 atom stereocenters. The lowest BCUT2D eigenvalue weighted by atomic mass is 10.1. The van der Waals surface area contributed by atoms with Crippen LogP contribution in [-0.4, -0.2) is 34.6 Å². The Morgan fingerprint density at radius 2 is 1.67 bits per heavy atom. The van der Waals surface area contributed by atoms with Crippen LogP contribution in [0.5, 0.6) is 0 Å². The van der Waals surface area contributed by atoms with E-state index in [9.17, 15) is 14.0 Å². The second-order valence-corrected chi connectivity index (χ2v) is 8.54. The fraction of sp³-hybridized carbons (Fsp3) is 0.417. The zero-order valence-corrected chi connectivity index (χ0v) is 19.0. The van der Waals surface area contributed by atoms with Crippen molar-refractivity contribution >= 4 is 23.6 Å². The molecule has 4 nitrogen and oxygen atoms in total. The standard InChI is InChI=1S/C24H31FN2O2S/c1-5-18(4)26-24(29)22(6-2)27(15-19-9-11-20(25)12-10-19)23(28)16-30-21-13-7-17(3)8-14-21/h7-14,18,22H,5-6,15-16H2,1-4H3,(H,26,29)/t18-,22+/m0/s1. The maximum Gasteiger partial charge on any atom is 0.243 e. The van der Waals surface area contributed by atoms with E-state index in [1.54, 1.807) is 17.0 Å². The smallest absolute Gasteiger partial charge is 0.243 e. The van der Waals surface area contributed by atoms with Gasteiger partial charge in [-0.3, -0.25) is 9.59 Å². The first-order chi connectivity index (χ1) is 14.3. The van der Waals surface area contributed by atoms with Gasteiger partial charge in [-0.1, -0.05) is 43.7 Å². The monoisotopic (exact) mass is 430 g/mol. The number of nitrogens with zero attached hydrogens (tertiary/aromatic N) is 1. The van der Waals surface area contributed by atoms with Gasteiger partial charge in [0.1, 0.15) is 11.9 Å². The minimum Gasteiger partial charge on any atom is -0.352 e. The number of thioether (sulfide) groups is 1. The third-order valence-electron chi connectivity index (χ3n) is 5.04. The molecule has 162 valence electrons. The molecule has 0 saturated heterocycles. The van der Waals surface area contributed by atoms with E-state index in [0.29, 0.717) is 6.42 Å². The van der Waals surface area contributed by atoms with Gasteiger partial charge in [-0.15, -0.1) is 11.8 Å². The Kier molecular flexibility index (Phi) is 9.37. The Morgan fingerprint density at radius 3 is 2.23 bits per heavy atom. The van der Waals surface area contributed by atoms with E-state index in [2.05, 4.69) is 5.32 Å². The van der Waals surface area contributed by atoms with E-state index in [0.717, 1.165) is 22.4 Å². The van der Waals surface area contributed by atoms with Crippen LogP contribution in [0.4, 0.5) is 4.39 Å². The molecule has 2 aromatic rings. The third kappa shape index (κ3) is 7.17. The summed E-state index contributed by atoms with van der Waals surface area (Å²) in [5, 5.41) is 2.99. The fourth-order valence-corrected chi connectivity index (χ4v) is 3.79. The van der Waals surface area contributed by atoms with Gasteiger partial charge >= 0.3 is 0 Å². The lowest BCUT2D eigenvalue weighted by Gasteiger charge is -2.31. The average molecular weight is 431 g/mol. The highest BCUT2D eigenvalue weighted by Gasteiger charge is 2.29. The third-order valence-corrected chi connectivity index (χ3v) is 6.03. The minimum atomic E-state index is -0.574. The first-order valence-electron chi connectivity index (χ1n) is 10.4. The predicted molar refractivity (Wildman–Crippen MR) is 121 cm³/mol. The van der Waals surface area contributed by atoms with E-state index in [4.69, 9.17) is 0 Å². The van der Waals surface area contributed by atoms with Gasteiger partial charge in [0.25, 0.3) is 0 Å². The molecule has 0 spiro atoms. The maximum absolute atomic E-state index is 13.3. The summed E-state index contributed by atoms with van der Waals surface area (Å²) < 4.78 is 13.3. The number of hydrogen-bond donors (Lipinski definition) is 1. The van der Waals surface area contributed by atoms with Crippen LogP contribution in [0.25, 0.3) is 0 Å². The summed E-state index contributed by atoms with van der Waals surface area (Å²) in [6.07, 6.45) is 1.32. The Bertz CT molecular complexity index is 824. The molecule has 0 aliphatic carbocycles. The lowest BCUT2D eigenvalue weighted by molar-refractivity contribution is -0.139. The molecule has 6 heteroatoms. The Hall–Kier alpha value is -2.34. The molecule has 0 aliphatic rings. The highest BCUT2D eigenvalue weighted by molar-refractivity contribution is 8.00. The Balaban J connectivity index is 2.19. The Labute approximate surface area is 183 Å². The van der Waals surface area contributed by atoms with Crippen molar-refractivity contribution < 1.29 is 14.0 Å². The van der Waals surface area contributed by atoms with Crippen LogP contribution in [0.1, 0.15) is 44.7 Å². The van der Waals surface area contributed by atoms with Crippen LogP contribution < -0.4 is 5.32 Å². The lowest BCUT2D eigenvalue weighted by Crippen LogP contribution is -2.51. The van der Waals surface area contributed by atoms with Gasteiger partial charge < -0.3 is 10.2 Å². The highest BCUT2D eigenvalue weighted by atomic mass is 32.2. The van der Waals surface area contributed by atoms with Crippen molar-refractivity contribution in [3.63, 3.8) is 0 Å². The maximum atomic E-state index is 13.3. The number of rotatable bonds is 10. The summed E-state index contributed by atoms with van der Waals surface area (Å²) in [6.45, 7) is 8.14. The van der Waals surface area contributed by atoms with Gasteiger partial charge in [0, 0.05) is 17.5 Å². The molecule has 0 unspecified atom stereocenters. The number of halogens is 1. The largest absolute Gasteiger partial charge is 0.352 e. The number of carbonyl (C=O) groups excluding carboxylic acids is 2. The molecule has 0 fully saturated rings. The SMILES string of the molecule is CC[C@H](C(=O)N[C@@H](C)CC)N(Cc1ccc(F)cc1)C(=O)CSc1ccc(C)cc1. The molecule has 0 bridgehead atoms. The van der Waals surface area contributed by atoms with Crippen molar-refractivity contribution in [3.8, 4) is 0 Å². The highest BCUT2D eigenvalue weighted by Crippen LogP contribution is 2.21. The zero-order valence-electron chi connectivity index (χ0n) is 18.2. The predicted octanol–water partition coefficient (Wildman–Crippen LogP) is 4.95. The van der Waals surface area contributed by atoms with Crippen LogP contribution in [0.3, 0.4) is 0 Å². The molecule has 2 amide bonds. The van der Waals surface area contributed by atoms with Crippen molar-refractivity contribution in [3.05, 3.63) is 65.5 Å². The molecular formula is C24H31FN2O2S. The second kappa shape index (κ2) is 11.7. The molecule has 30 heavy (non-hydrogen) atoms. The summed E-state index contributed by atoms with van der Waals surface area (Å²) in [5.74, 6) is -0.357. The van der Waals surface area contributed by atoms with Gasteiger partial charge in [0.05, 0.1) is 5.75 Å². The summed E-state index contributed by atoms with van der Waals surface area (Å²) in [5.41, 5.74) is 1.95. The topological polar surface area (TPSA) is 49.4 Å². The molecular weight excluding hydrogens is 399 g/mol. The van der Waals surface area contributed by atoms with E-state index in [1.165, 1.54) is 23.9 Å². The first kappa shape index (κ1) is 23.9. The van der Waals surface area contributed by atoms with E-state index < -0.39 is 6.04 Å². The van der Waals surface area contributed by atoms with Crippen LogP contribution in [0, 0.1) is 12.7 Å². The molecule has 2 rings (SSSR count). The molecule has 2 aromatic carbocycles. The van der Waals surface area contributed by atoms with Crippen LogP contribution in [0.2, 0.25) is 0 Å². The molecule has 0 aromatic heterocycles. The van der Waals surface area contributed by atoms with Gasteiger partial charge in [-0.25, -0.2) is 4.39 Å². The molecule has 0 aliphatic heterocycles. The molecule has 1 N–H and O–H groups in total. The summed E-state index contributed by atoms with van der Waals surface area (Å²) in [4.78, 5) is 28.7. The summed E-state index contributed by atoms with van der Waals surface area (Å²) >= 11 is 1.45. The van der Waals surface area contributed by atoms with Crippen molar-refractivity contribution in [2.24, 2.45) is 0 Å². The fourth-order valence-electron chi connectivity index (χ4n) is 3.01. The van der Waals surface area contributed by atoms with Crippen LogP contribution >= 0.6 is 11.8 Å². The van der Waals surface area contributed by atoms with Gasteiger partial charge in [0.2, 0.25) is 11.8 Å². The summed E-state index contributed by atoms with van der Waals surface area (Å²) in [6, 6.07) is 13.5. The number of aryl methyl sites for hydroxylation is 1. The quantitative estimate of drug-likeness (QED) is 0.543. The minimum absolute atomic E-state index is 0.0382. The molecule has 0 heterocycles. The van der Waals surface area contributed by atoms with Crippen molar-refractivity contribution in [2.75, 3.05) is 5.75 Å². The van der Waals surface area contributed by atoms with Crippen LogP contribution in [0.15, 0.2) is 53.4 Å². The number of benzene rings is 2. The molecule has 0 radical (unpaired) electrons.